The van der Waals surface area contributed by atoms with Gasteiger partial charge in [-0.15, -0.1) is 5.10 Å². The summed E-state index contributed by atoms with van der Waals surface area (Å²) >= 11 is 17.2. The molecular weight excluding hydrogens is 387 g/mol. The molecule has 2 N–H and O–H groups in total. The minimum Gasteiger partial charge on any atom is -0.451 e. The highest BCUT2D eigenvalue weighted by Gasteiger charge is 2.16. The van der Waals surface area contributed by atoms with E-state index in [0.29, 0.717) is 21.4 Å². The van der Waals surface area contributed by atoms with Crippen LogP contribution in [0.4, 0.5) is 5.95 Å². The van der Waals surface area contributed by atoms with Gasteiger partial charge in [-0.1, -0.05) is 34.4 Å². The van der Waals surface area contributed by atoms with Gasteiger partial charge in [-0.3, -0.25) is 15.4 Å². The van der Waals surface area contributed by atoms with Gasteiger partial charge in [-0.05, 0) is 41.7 Å². The molecule has 1 amide bonds. The second kappa shape index (κ2) is 7.18. The minimum absolute atomic E-state index is 0.0109. The van der Waals surface area contributed by atoms with Crippen LogP contribution in [0.2, 0.25) is 10.0 Å². The molecule has 0 unspecified atom stereocenters. The fourth-order valence-electron chi connectivity index (χ4n) is 1.93. The lowest BCUT2D eigenvalue weighted by Gasteiger charge is -2.05. The van der Waals surface area contributed by atoms with Gasteiger partial charge in [0, 0.05) is 5.56 Å². The van der Waals surface area contributed by atoms with Crippen LogP contribution in [-0.4, -0.2) is 31.2 Å². The maximum absolute atomic E-state index is 12.2. The molecule has 25 heavy (non-hydrogen) atoms. The second-order valence-corrected chi connectivity index (χ2v) is 5.97. The molecular formula is C14H10Cl2N6O2S. The Morgan fingerprint density at radius 3 is 2.80 bits per heavy atom. The Bertz CT molecular complexity index is 954. The maximum Gasteiger partial charge on any atom is 0.293 e. The normalized spacial score (nSPS) is 10.5. The average molecular weight is 397 g/mol. The van der Waals surface area contributed by atoms with Crippen LogP contribution in [0.1, 0.15) is 10.6 Å². The van der Waals surface area contributed by atoms with Crippen LogP contribution in [0.5, 0.6) is 0 Å². The predicted octanol–water partition coefficient (Wildman–Crippen LogP) is 2.90. The van der Waals surface area contributed by atoms with Gasteiger partial charge < -0.3 is 4.42 Å². The van der Waals surface area contributed by atoms with Crippen molar-refractivity contribution in [1.82, 2.24) is 25.5 Å². The lowest BCUT2D eigenvalue weighted by Crippen LogP contribution is -2.34. The highest BCUT2D eigenvalue weighted by molar-refractivity contribution is 7.80. The van der Waals surface area contributed by atoms with E-state index in [1.54, 1.807) is 31.3 Å². The predicted molar refractivity (Wildman–Crippen MR) is 96.6 cm³/mol. The van der Waals surface area contributed by atoms with Gasteiger partial charge in [0.2, 0.25) is 0 Å². The quantitative estimate of drug-likeness (QED) is 0.656. The number of nitrogens with zero attached hydrogens (tertiary/aromatic N) is 4. The molecule has 0 fully saturated rings. The summed E-state index contributed by atoms with van der Waals surface area (Å²) in [5, 5.41) is 17.1. The summed E-state index contributed by atoms with van der Waals surface area (Å²) in [6.07, 6.45) is 0. The Kier molecular flexibility index (Phi) is 4.98. The van der Waals surface area contributed by atoms with Crippen molar-refractivity contribution in [3.8, 4) is 11.3 Å². The lowest BCUT2D eigenvalue weighted by molar-refractivity contribution is 0.0951. The number of aromatic nitrogens is 4. The largest absolute Gasteiger partial charge is 0.451 e. The zero-order valence-corrected chi connectivity index (χ0v) is 15.0. The third-order valence-corrected chi connectivity index (χ3v) is 4.03. The van der Waals surface area contributed by atoms with E-state index in [4.69, 9.17) is 39.8 Å². The zero-order valence-electron chi connectivity index (χ0n) is 12.7. The number of carbonyl (C=O) groups excluding carboxylic acids is 1. The smallest absolute Gasteiger partial charge is 0.293 e. The van der Waals surface area contributed by atoms with Gasteiger partial charge in [-0.25, -0.2) is 0 Å². The van der Waals surface area contributed by atoms with Crippen LogP contribution >= 0.6 is 35.4 Å². The molecule has 8 nitrogen and oxygen atoms in total. The molecule has 0 radical (unpaired) electrons. The number of furan rings is 1. The van der Waals surface area contributed by atoms with Gasteiger partial charge in [0.1, 0.15) is 5.76 Å². The third kappa shape index (κ3) is 3.95. The van der Waals surface area contributed by atoms with E-state index in [9.17, 15) is 4.79 Å². The summed E-state index contributed by atoms with van der Waals surface area (Å²) in [7, 11) is 1.60. The Morgan fingerprint density at radius 1 is 1.28 bits per heavy atom. The molecule has 0 aliphatic rings. The first kappa shape index (κ1) is 17.3. The van der Waals surface area contributed by atoms with Gasteiger partial charge in [0.05, 0.1) is 17.1 Å². The van der Waals surface area contributed by atoms with Crippen LogP contribution in [0, 0.1) is 0 Å². The molecule has 2 aromatic heterocycles. The Hall–Kier alpha value is -2.49. The van der Waals surface area contributed by atoms with Crippen molar-refractivity contribution in [2.45, 2.75) is 0 Å². The van der Waals surface area contributed by atoms with Gasteiger partial charge >= 0.3 is 0 Å². The van der Waals surface area contributed by atoms with E-state index < -0.39 is 5.91 Å². The molecule has 0 spiro atoms. The minimum atomic E-state index is -0.536. The first-order valence-electron chi connectivity index (χ1n) is 6.84. The molecule has 1 aromatic carbocycles. The van der Waals surface area contributed by atoms with Crippen LogP contribution in [0.15, 0.2) is 34.7 Å². The summed E-state index contributed by atoms with van der Waals surface area (Å²) < 4.78 is 5.53. The first-order chi connectivity index (χ1) is 11.9. The van der Waals surface area contributed by atoms with Crippen molar-refractivity contribution in [2.24, 2.45) is 7.05 Å². The molecule has 0 saturated heterocycles. The Labute approximate surface area is 157 Å². The summed E-state index contributed by atoms with van der Waals surface area (Å²) in [5.74, 6) is 0.0962. The molecule has 0 aliphatic heterocycles. The molecule has 128 valence electrons. The van der Waals surface area contributed by atoms with Crippen LogP contribution in [0.25, 0.3) is 11.3 Å². The number of aryl methyl sites for hydroxylation is 1. The van der Waals surface area contributed by atoms with Crippen molar-refractivity contribution >= 4 is 52.4 Å². The standard InChI is InChI=1S/C14H10Cl2N6O2S/c1-22-20-13(19-21-22)18-14(25)17-12(23)10-6-5-9(24-10)7-3-2-4-8(15)11(7)16/h2-6H,1H3,(H2,17,18,20,23,25). The topological polar surface area (TPSA) is 97.9 Å². The number of carbonyl (C=O) groups is 1. The number of halogens is 2. The highest BCUT2D eigenvalue weighted by Crippen LogP contribution is 2.34. The fraction of sp³-hybridized carbons (Fsp3) is 0.0714. The lowest BCUT2D eigenvalue weighted by atomic mass is 10.2. The number of amides is 1. The summed E-state index contributed by atoms with van der Waals surface area (Å²) in [4.78, 5) is 13.4. The number of tetrazole rings is 1. The zero-order chi connectivity index (χ0) is 18.0. The van der Waals surface area contributed by atoms with E-state index in [1.165, 1.54) is 10.9 Å². The van der Waals surface area contributed by atoms with E-state index >= 15 is 0 Å². The molecule has 0 saturated carbocycles. The van der Waals surface area contributed by atoms with E-state index in [2.05, 4.69) is 26.0 Å². The number of hydrogen-bond donors (Lipinski definition) is 2. The molecule has 3 aromatic rings. The molecule has 0 atom stereocenters. The first-order valence-corrected chi connectivity index (χ1v) is 8.01. The van der Waals surface area contributed by atoms with Gasteiger partial charge in [0.25, 0.3) is 11.9 Å². The summed E-state index contributed by atoms with van der Waals surface area (Å²) in [6, 6.07) is 8.26. The fourth-order valence-corrected chi connectivity index (χ4v) is 2.51. The monoisotopic (exact) mass is 396 g/mol. The molecule has 3 rings (SSSR count). The van der Waals surface area contributed by atoms with Crippen molar-refractivity contribution in [3.05, 3.63) is 46.1 Å². The van der Waals surface area contributed by atoms with E-state index in [1.807, 2.05) is 0 Å². The van der Waals surface area contributed by atoms with Gasteiger partial charge in [0.15, 0.2) is 10.9 Å². The Morgan fingerprint density at radius 2 is 2.08 bits per heavy atom. The number of rotatable bonds is 3. The summed E-state index contributed by atoms with van der Waals surface area (Å²) in [6.45, 7) is 0. The SMILES string of the molecule is Cn1nnc(NC(=S)NC(=O)c2ccc(-c3cccc(Cl)c3Cl)o2)n1. The summed E-state index contributed by atoms with van der Waals surface area (Å²) in [5.41, 5.74) is 0.581. The number of nitrogens with one attached hydrogen (secondary N) is 2. The van der Waals surface area contributed by atoms with Crippen LogP contribution < -0.4 is 10.6 Å². The molecule has 11 heteroatoms. The maximum atomic E-state index is 12.2. The number of anilines is 1. The number of thiocarbonyl (C=S) groups is 1. The average Bonchev–Trinajstić information content (AvgIpc) is 3.19. The highest BCUT2D eigenvalue weighted by atomic mass is 35.5. The van der Waals surface area contributed by atoms with Crippen molar-refractivity contribution in [1.29, 1.82) is 0 Å². The van der Waals surface area contributed by atoms with Crippen molar-refractivity contribution < 1.29 is 9.21 Å². The van der Waals surface area contributed by atoms with Gasteiger partial charge in [-0.2, -0.15) is 4.80 Å². The van der Waals surface area contributed by atoms with Crippen LogP contribution in [0.3, 0.4) is 0 Å². The van der Waals surface area contributed by atoms with Crippen molar-refractivity contribution in [3.63, 3.8) is 0 Å². The number of benzene rings is 1. The molecule has 0 aliphatic carbocycles. The molecule has 0 bridgehead atoms. The van der Waals surface area contributed by atoms with Crippen LogP contribution in [-0.2, 0) is 7.05 Å². The third-order valence-electron chi connectivity index (χ3n) is 3.01. The van der Waals surface area contributed by atoms with Crippen molar-refractivity contribution in [2.75, 3.05) is 5.32 Å². The molecule has 2 heterocycles. The Balaban J connectivity index is 1.70. The number of hydrogen-bond acceptors (Lipinski definition) is 6. The van der Waals surface area contributed by atoms with E-state index in [-0.39, 0.29) is 16.8 Å². The van der Waals surface area contributed by atoms with E-state index in [0.717, 1.165) is 0 Å². The second-order valence-electron chi connectivity index (χ2n) is 4.78.